The molecule has 18 heavy (non-hydrogen) atoms. The van der Waals surface area contributed by atoms with Crippen molar-refractivity contribution in [2.75, 3.05) is 23.0 Å². The zero-order chi connectivity index (χ0) is 13.4. The summed E-state index contributed by atoms with van der Waals surface area (Å²) in [6.45, 7) is 4.38. The summed E-state index contributed by atoms with van der Waals surface area (Å²) in [5, 5.41) is 0. The molecule has 0 aromatic heterocycles. The largest absolute Gasteiger partial charge is 0.312 e. The second-order valence-corrected chi connectivity index (χ2v) is 5.30. The Balaban J connectivity index is 2.66. The van der Waals surface area contributed by atoms with Gasteiger partial charge in [0.2, 0.25) is 5.91 Å². The molecule has 1 rings (SSSR count). The molecular weight excluding hydrogens is 246 g/mol. The molecule has 0 radical (unpaired) electrons. The molecular formula is C14H19NO2S. The maximum atomic E-state index is 12.1. The molecule has 0 heterocycles. The lowest BCUT2D eigenvalue weighted by atomic mass is 10.3. The standard InChI is InChI=1S/C14H19NO2S/c1-3-5-11-18(17)12-14(16)15(4-2)13-9-7-6-8-10-13/h3,5-10H,4,11-12H2,1-2H3/b5-3+/t18-/m0/s1. The Morgan fingerprint density at radius 1 is 1.33 bits per heavy atom. The van der Waals surface area contributed by atoms with Crippen LogP contribution in [0.4, 0.5) is 5.69 Å². The molecule has 0 fully saturated rings. The third-order valence-electron chi connectivity index (χ3n) is 2.49. The van der Waals surface area contributed by atoms with Gasteiger partial charge in [-0.3, -0.25) is 9.00 Å². The quantitative estimate of drug-likeness (QED) is 0.740. The number of anilines is 1. The smallest absolute Gasteiger partial charge is 0.239 e. The van der Waals surface area contributed by atoms with Gasteiger partial charge in [0, 0.05) is 28.8 Å². The van der Waals surface area contributed by atoms with Gasteiger partial charge in [0.15, 0.2) is 0 Å². The highest BCUT2D eigenvalue weighted by Crippen LogP contribution is 2.13. The summed E-state index contributed by atoms with van der Waals surface area (Å²) >= 11 is 0. The summed E-state index contributed by atoms with van der Waals surface area (Å²) in [5.74, 6) is 0.424. The van der Waals surface area contributed by atoms with E-state index in [1.807, 2.05) is 56.3 Å². The number of carbonyl (C=O) groups excluding carboxylic acids is 1. The molecule has 98 valence electrons. The Morgan fingerprint density at radius 2 is 2.00 bits per heavy atom. The lowest BCUT2D eigenvalue weighted by molar-refractivity contribution is -0.116. The summed E-state index contributed by atoms with van der Waals surface area (Å²) in [6.07, 6.45) is 3.67. The van der Waals surface area contributed by atoms with Gasteiger partial charge in [0.05, 0.1) is 0 Å². The van der Waals surface area contributed by atoms with E-state index in [1.54, 1.807) is 4.90 Å². The number of hydrogen-bond donors (Lipinski definition) is 0. The Bertz CT molecular complexity index is 429. The van der Waals surface area contributed by atoms with E-state index >= 15 is 0 Å². The van der Waals surface area contributed by atoms with Crippen molar-refractivity contribution in [3.05, 3.63) is 42.5 Å². The predicted molar refractivity (Wildman–Crippen MR) is 77.2 cm³/mol. The predicted octanol–water partition coefficient (Wildman–Crippen LogP) is 2.36. The zero-order valence-electron chi connectivity index (χ0n) is 10.8. The lowest BCUT2D eigenvalue weighted by Crippen LogP contribution is -2.34. The van der Waals surface area contributed by atoms with Crippen LogP contribution in [-0.4, -0.2) is 28.2 Å². The van der Waals surface area contributed by atoms with Crippen LogP contribution in [-0.2, 0) is 15.6 Å². The normalized spacial score (nSPS) is 12.6. The minimum absolute atomic E-state index is 0.0765. The van der Waals surface area contributed by atoms with Crippen molar-refractivity contribution in [3.63, 3.8) is 0 Å². The number of rotatable bonds is 6. The van der Waals surface area contributed by atoms with Crippen LogP contribution >= 0.6 is 0 Å². The molecule has 0 aliphatic rings. The van der Waals surface area contributed by atoms with Gasteiger partial charge < -0.3 is 4.90 Å². The second kappa shape index (κ2) is 7.82. The summed E-state index contributed by atoms with van der Waals surface area (Å²) in [7, 11) is -1.12. The molecule has 1 amide bonds. The maximum Gasteiger partial charge on any atom is 0.239 e. The van der Waals surface area contributed by atoms with E-state index in [4.69, 9.17) is 0 Å². The number of carbonyl (C=O) groups is 1. The van der Waals surface area contributed by atoms with Gasteiger partial charge in [-0.1, -0.05) is 30.4 Å². The van der Waals surface area contributed by atoms with Crippen LogP contribution in [0.25, 0.3) is 0 Å². The van der Waals surface area contributed by atoms with Gasteiger partial charge in [-0.15, -0.1) is 0 Å². The van der Waals surface area contributed by atoms with Crippen LogP contribution < -0.4 is 4.90 Å². The Hall–Kier alpha value is -1.42. The highest BCUT2D eigenvalue weighted by atomic mass is 32.2. The molecule has 1 aromatic carbocycles. The van der Waals surface area contributed by atoms with Crippen LogP contribution in [0.1, 0.15) is 13.8 Å². The number of nitrogens with zero attached hydrogens (tertiary/aromatic N) is 1. The molecule has 1 aromatic rings. The van der Waals surface area contributed by atoms with Crippen molar-refractivity contribution in [1.29, 1.82) is 0 Å². The van der Waals surface area contributed by atoms with Crippen molar-refractivity contribution >= 4 is 22.4 Å². The van der Waals surface area contributed by atoms with Gasteiger partial charge in [-0.25, -0.2) is 0 Å². The Labute approximate surface area is 111 Å². The molecule has 0 N–H and O–H groups in total. The number of amides is 1. The third-order valence-corrected chi connectivity index (χ3v) is 3.62. The maximum absolute atomic E-state index is 12.1. The van der Waals surface area contributed by atoms with E-state index < -0.39 is 10.8 Å². The first-order valence-corrected chi connectivity index (χ1v) is 7.49. The van der Waals surface area contributed by atoms with Crippen molar-refractivity contribution in [2.24, 2.45) is 0 Å². The molecule has 0 unspecified atom stereocenters. The van der Waals surface area contributed by atoms with Gasteiger partial charge in [-0.05, 0) is 26.0 Å². The van der Waals surface area contributed by atoms with E-state index in [0.717, 1.165) is 5.69 Å². The fraction of sp³-hybridized carbons (Fsp3) is 0.357. The summed E-state index contributed by atoms with van der Waals surface area (Å²) < 4.78 is 11.7. The van der Waals surface area contributed by atoms with E-state index in [2.05, 4.69) is 0 Å². The highest BCUT2D eigenvalue weighted by Gasteiger charge is 2.15. The van der Waals surface area contributed by atoms with Crippen LogP contribution in [0.5, 0.6) is 0 Å². The Kier molecular flexibility index (Phi) is 6.36. The molecule has 0 spiro atoms. The van der Waals surface area contributed by atoms with Gasteiger partial charge >= 0.3 is 0 Å². The van der Waals surface area contributed by atoms with Crippen molar-refractivity contribution in [2.45, 2.75) is 13.8 Å². The molecule has 0 bridgehead atoms. The molecule has 1 atom stereocenters. The topological polar surface area (TPSA) is 37.4 Å². The lowest BCUT2D eigenvalue weighted by Gasteiger charge is -2.20. The van der Waals surface area contributed by atoms with E-state index in [1.165, 1.54) is 0 Å². The van der Waals surface area contributed by atoms with Crippen molar-refractivity contribution in [3.8, 4) is 0 Å². The molecule has 0 aliphatic heterocycles. The summed E-state index contributed by atoms with van der Waals surface area (Å²) in [6, 6.07) is 9.46. The first-order chi connectivity index (χ1) is 8.69. The fourth-order valence-corrected chi connectivity index (χ4v) is 2.55. The number of benzene rings is 1. The third kappa shape index (κ3) is 4.45. The van der Waals surface area contributed by atoms with Crippen LogP contribution in [0.2, 0.25) is 0 Å². The van der Waals surface area contributed by atoms with Crippen LogP contribution in [0, 0.1) is 0 Å². The average molecular weight is 265 g/mol. The number of hydrogen-bond acceptors (Lipinski definition) is 2. The molecule has 4 heteroatoms. The number of allylic oxidation sites excluding steroid dienone is 1. The van der Waals surface area contributed by atoms with Crippen molar-refractivity contribution in [1.82, 2.24) is 0 Å². The summed E-state index contributed by atoms with van der Waals surface area (Å²) in [5.41, 5.74) is 0.855. The van der Waals surface area contributed by atoms with Gasteiger partial charge in [0.25, 0.3) is 0 Å². The monoisotopic (exact) mass is 265 g/mol. The molecule has 0 saturated heterocycles. The van der Waals surface area contributed by atoms with E-state index in [0.29, 0.717) is 12.3 Å². The first-order valence-electron chi connectivity index (χ1n) is 6.00. The van der Waals surface area contributed by atoms with E-state index in [9.17, 15) is 9.00 Å². The van der Waals surface area contributed by atoms with Gasteiger partial charge in [-0.2, -0.15) is 0 Å². The van der Waals surface area contributed by atoms with Crippen LogP contribution in [0.3, 0.4) is 0 Å². The minimum atomic E-state index is -1.12. The molecule has 0 aliphatic carbocycles. The minimum Gasteiger partial charge on any atom is -0.312 e. The SMILES string of the molecule is C/C=C/C[S@](=O)CC(=O)N(CC)c1ccccc1. The van der Waals surface area contributed by atoms with Gasteiger partial charge in [0.1, 0.15) is 5.75 Å². The zero-order valence-corrected chi connectivity index (χ0v) is 11.7. The van der Waals surface area contributed by atoms with Crippen LogP contribution in [0.15, 0.2) is 42.5 Å². The van der Waals surface area contributed by atoms with Crippen molar-refractivity contribution < 1.29 is 9.00 Å². The average Bonchev–Trinajstić information content (AvgIpc) is 2.38. The fourth-order valence-electron chi connectivity index (χ4n) is 1.59. The summed E-state index contributed by atoms with van der Waals surface area (Å²) in [4.78, 5) is 13.7. The Morgan fingerprint density at radius 3 is 2.56 bits per heavy atom. The second-order valence-electron chi connectivity index (χ2n) is 3.79. The molecule has 0 saturated carbocycles. The highest BCUT2D eigenvalue weighted by molar-refractivity contribution is 7.85. The molecule has 3 nitrogen and oxygen atoms in total. The van der Waals surface area contributed by atoms with E-state index in [-0.39, 0.29) is 11.7 Å². The first kappa shape index (κ1) is 14.6. The number of para-hydroxylation sites is 1.